The molecule has 3 rings (SSSR count). The third-order valence-corrected chi connectivity index (χ3v) is 6.15. The maximum Gasteiger partial charge on any atom is 0.438 e. The lowest BCUT2D eigenvalue weighted by molar-refractivity contribution is -0.175. The molecule has 0 unspecified atom stereocenters. The number of amidine groups is 1. The topological polar surface area (TPSA) is 170 Å². The van der Waals surface area contributed by atoms with Gasteiger partial charge in [-0.25, -0.2) is 9.59 Å². The second-order valence-electron chi connectivity index (χ2n) is 10.4. The van der Waals surface area contributed by atoms with E-state index in [2.05, 4.69) is 19.8 Å². The number of anilines is 1. The van der Waals surface area contributed by atoms with Crippen LogP contribution in [0.5, 0.6) is 0 Å². The van der Waals surface area contributed by atoms with Crippen LogP contribution < -0.4 is 5.32 Å². The van der Waals surface area contributed by atoms with Gasteiger partial charge in [0.15, 0.2) is 0 Å². The monoisotopic (exact) mass is 559 g/mol. The highest BCUT2D eigenvalue weighted by Crippen LogP contribution is 2.47. The van der Waals surface area contributed by atoms with E-state index in [-0.39, 0.29) is 18.0 Å². The zero-order chi connectivity index (χ0) is 29.8. The molecule has 2 aliphatic heterocycles. The molecular formula is C27H33N3O10. The number of amides is 2. The number of carbonyl (C=O) groups excluding carboxylic acids is 5. The van der Waals surface area contributed by atoms with Gasteiger partial charge in [-0.3, -0.25) is 14.4 Å². The molecule has 1 aromatic rings. The van der Waals surface area contributed by atoms with Gasteiger partial charge in [0.2, 0.25) is 19.5 Å². The summed E-state index contributed by atoms with van der Waals surface area (Å²) in [5.41, 5.74) is 0.822. The summed E-state index contributed by atoms with van der Waals surface area (Å²) in [6.45, 7) is 8.01. The van der Waals surface area contributed by atoms with Crippen LogP contribution in [0.25, 0.3) is 5.57 Å². The van der Waals surface area contributed by atoms with E-state index < -0.39 is 67.0 Å². The van der Waals surface area contributed by atoms with Crippen LogP contribution in [-0.4, -0.2) is 71.5 Å². The summed E-state index contributed by atoms with van der Waals surface area (Å²) in [5, 5.41) is 13.1. The summed E-state index contributed by atoms with van der Waals surface area (Å²) in [6.07, 6.45) is -1.59. The summed E-state index contributed by atoms with van der Waals surface area (Å²) in [5.74, 6) is -2.91. The molecule has 0 aliphatic carbocycles. The fourth-order valence-corrected chi connectivity index (χ4v) is 4.29. The lowest BCUT2D eigenvalue weighted by Gasteiger charge is -2.44. The van der Waals surface area contributed by atoms with Crippen LogP contribution in [0.2, 0.25) is 0 Å². The van der Waals surface area contributed by atoms with Gasteiger partial charge in [0.1, 0.15) is 11.5 Å². The van der Waals surface area contributed by atoms with E-state index >= 15 is 0 Å². The number of nitrogens with zero attached hydrogens (tertiary/aromatic N) is 2. The lowest BCUT2D eigenvalue weighted by Crippen LogP contribution is -2.61. The van der Waals surface area contributed by atoms with Crippen molar-refractivity contribution in [3.8, 4) is 0 Å². The van der Waals surface area contributed by atoms with Crippen molar-refractivity contribution in [3.63, 3.8) is 0 Å². The van der Waals surface area contributed by atoms with Gasteiger partial charge in [-0.05, 0) is 64.3 Å². The van der Waals surface area contributed by atoms with E-state index in [4.69, 9.17) is 9.47 Å². The number of aliphatic hydroxyl groups is 1. The Morgan fingerprint density at radius 2 is 1.77 bits per heavy atom. The highest BCUT2D eigenvalue weighted by Gasteiger charge is 2.57. The number of hydrogen-bond acceptors (Lipinski definition) is 10. The van der Waals surface area contributed by atoms with Crippen LogP contribution >= 0.6 is 0 Å². The summed E-state index contributed by atoms with van der Waals surface area (Å²) in [7, 11) is 0. The fraction of sp³-hybridized carbons (Fsp3) is 0.481. The SMILES string of the molecule is CC(=O)OCOC(=O)/N=C(\C)Nc1cccc(C2=C(C(=O)OCOC(=O)C(C)(C)C)N3C(=O)[C@H]([C@@H](C)O)[C@H]3C2)c1. The molecule has 1 saturated heterocycles. The highest BCUT2D eigenvalue weighted by molar-refractivity contribution is 6.07. The molecule has 2 N–H and O–H groups in total. The summed E-state index contributed by atoms with van der Waals surface area (Å²) >= 11 is 0. The van der Waals surface area contributed by atoms with E-state index in [1.165, 1.54) is 25.7 Å². The number of benzene rings is 1. The number of carbonyl (C=O) groups is 5. The zero-order valence-corrected chi connectivity index (χ0v) is 23.2. The third kappa shape index (κ3) is 7.03. The average molecular weight is 560 g/mol. The number of rotatable bonds is 8. The Morgan fingerprint density at radius 1 is 1.10 bits per heavy atom. The van der Waals surface area contributed by atoms with Gasteiger partial charge in [-0.15, -0.1) is 0 Å². The molecule has 2 amide bonds. The van der Waals surface area contributed by atoms with Crippen LogP contribution in [-0.2, 0) is 38.1 Å². The number of nitrogens with one attached hydrogen (secondary N) is 1. The number of aliphatic imine (C=N–C) groups is 1. The maximum atomic E-state index is 13.1. The second-order valence-corrected chi connectivity index (χ2v) is 10.4. The third-order valence-electron chi connectivity index (χ3n) is 6.15. The first kappa shape index (κ1) is 30.3. The van der Waals surface area contributed by atoms with Crippen molar-refractivity contribution < 1.29 is 48.0 Å². The van der Waals surface area contributed by atoms with E-state index in [1.54, 1.807) is 45.0 Å². The minimum atomic E-state index is -0.967. The van der Waals surface area contributed by atoms with Gasteiger partial charge in [0.05, 0.1) is 23.5 Å². The number of ether oxygens (including phenoxy) is 4. The fourth-order valence-electron chi connectivity index (χ4n) is 4.29. The highest BCUT2D eigenvalue weighted by atomic mass is 16.7. The average Bonchev–Trinajstić information content (AvgIpc) is 3.18. The van der Waals surface area contributed by atoms with Gasteiger partial charge in [0, 0.05) is 12.6 Å². The number of fused-ring (bicyclic) bond motifs is 1. The van der Waals surface area contributed by atoms with Crippen LogP contribution in [0.4, 0.5) is 10.5 Å². The van der Waals surface area contributed by atoms with Crippen molar-refractivity contribution in [2.75, 3.05) is 18.9 Å². The molecule has 0 radical (unpaired) electrons. The van der Waals surface area contributed by atoms with Gasteiger partial charge < -0.3 is 34.3 Å². The van der Waals surface area contributed by atoms with Crippen molar-refractivity contribution in [3.05, 3.63) is 35.5 Å². The number of β-lactam (4-membered cyclic amide) rings is 1. The molecule has 0 aromatic heterocycles. The Labute approximate surface area is 231 Å². The Balaban J connectivity index is 1.81. The summed E-state index contributed by atoms with van der Waals surface area (Å²) in [6, 6.07) is 6.40. The zero-order valence-electron chi connectivity index (χ0n) is 23.2. The van der Waals surface area contributed by atoms with Gasteiger partial charge in [0.25, 0.3) is 0 Å². The van der Waals surface area contributed by atoms with Crippen LogP contribution in [0.3, 0.4) is 0 Å². The number of aliphatic hydroxyl groups excluding tert-OH is 1. The first-order chi connectivity index (χ1) is 18.7. The van der Waals surface area contributed by atoms with Crippen LogP contribution in [0, 0.1) is 11.3 Å². The molecule has 40 heavy (non-hydrogen) atoms. The van der Waals surface area contributed by atoms with Gasteiger partial charge >= 0.3 is 24.0 Å². The van der Waals surface area contributed by atoms with Crippen molar-refractivity contribution in [1.82, 2.24) is 4.90 Å². The summed E-state index contributed by atoms with van der Waals surface area (Å²) < 4.78 is 19.5. The quantitative estimate of drug-likeness (QED) is 0.158. The molecule has 0 saturated carbocycles. The van der Waals surface area contributed by atoms with Crippen molar-refractivity contribution in [1.29, 1.82) is 0 Å². The molecule has 2 aliphatic rings. The molecule has 13 heteroatoms. The van der Waals surface area contributed by atoms with Crippen LogP contribution in [0.1, 0.15) is 53.5 Å². The Morgan fingerprint density at radius 3 is 2.40 bits per heavy atom. The van der Waals surface area contributed by atoms with Gasteiger partial charge in [-0.1, -0.05) is 12.1 Å². The normalized spacial score (nSPS) is 19.3. The van der Waals surface area contributed by atoms with Crippen molar-refractivity contribution in [2.45, 2.75) is 60.1 Å². The van der Waals surface area contributed by atoms with E-state index in [0.717, 1.165) is 0 Å². The lowest BCUT2D eigenvalue weighted by atomic mass is 9.82. The Kier molecular flexibility index (Phi) is 9.30. The van der Waals surface area contributed by atoms with Crippen molar-refractivity contribution in [2.24, 2.45) is 16.3 Å². The summed E-state index contributed by atoms with van der Waals surface area (Å²) in [4.78, 5) is 65.7. The second kappa shape index (κ2) is 12.3. The molecular weight excluding hydrogens is 526 g/mol. The minimum Gasteiger partial charge on any atom is -0.428 e. The molecule has 1 aromatic carbocycles. The maximum absolute atomic E-state index is 13.1. The molecule has 13 nitrogen and oxygen atoms in total. The van der Waals surface area contributed by atoms with Gasteiger partial charge in [-0.2, -0.15) is 4.99 Å². The predicted octanol–water partition coefficient (Wildman–Crippen LogP) is 2.59. The van der Waals surface area contributed by atoms with E-state index in [9.17, 15) is 29.1 Å². The minimum absolute atomic E-state index is 0.00953. The molecule has 3 atom stereocenters. The van der Waals surface area contributed by atoms with E-state index in [1.807, 2.05) is 0 Å². The largest absolute Gasteiger partial charge is 0.438 e. The van der Waals surface area contributed by atoms with Crippen molar-refractivity contribution >= 4 is 47.0 Å². The molecule has 1 fully saturated rings. The molecule has 0 bridgehead atoms. The molecule has 216 valence electrons. The Bertz CT molecular complexity index is 1260. The smallest absolute Gasteiger partial charge is 0.428 e. The predicted molar refractivity (Wildman–Crippen MR) is 140 cm³/mol. The van der Waals surface area contributed by atoms with Crippen LogP contribution in [0.15, 0.2) is 35.0 Å². The number of esters is 3. The first-order valence-electron chi connectivity index (χ1n) is 12.5. The van der Waals surface area contributed by atoms with E-state index in [0.29, 0.717) is 16.8 Å². The number of hydrogen-bond donors (Lipinski definition) is 2. The standard InChI is InChI=1S/C27H33N3O10/c1-14(31)21-20-11-19(22(30(20)23(21)33)24(34)38-13-39-25(35)27(4,5)6)17-8-7-9-18(10-17)28-15(2)29-26(36)40-12-37-16(3)32/h7-10,14,20-21,31H,11-13H2,1-6H3,(H,28,29,36)/t14-,20-,21-/m1/s1. The Hall–Kier alpha value is -4.26. The first-order valence-corrected chi connectivity index (χ1v) is 12.5. The molecule has 2 heterocycles. The molecule has 0 spiro atoms.